The number of rotatable bonds is 1. The van der Waals surface area contributed by atoms with Gasteiger partial charge in [-0.15, -0.1) is 0 Å². The van der Waals surface area contributed by atoms with Gasteiger partial charge in [0.1, 0.15) is 0 Å². The van der Waals surface area contributed by atoms with Crippen LogP contribution in [0.25, 0.3) is 0 Å². The highest BCUT2D eigenvalue weighted by Gasteiger charge is 2.56. The molecule has 0 aliphatic carbocycles. The topological polar surface area (TPSA) is 49.5 Å². The molecule has 2 bridgehead atoms. The van der Waals surface area contributed by atoms with Crippen LogP contribution in [-0.2, 0) is 0 Å². The molecule has 2 atom stereocenters. The Morgan fingerprint density at radius 3 is 2.56 bits per heavy atom. The van der Waals surface area contributed by atoms with Gasteiger partial charge in [-0.3, -0.25) is 0 Å². The van der Waals surface area contributed by atoms with Crippen LogP contribution in [0.4, 0.5) is 0 Å². The number of hydrogen-bond acceptors (Lipinski definition) is 4. The van der Waals surface area contributed by atoms with Crippen LogP contribution in [0.15, 0.2) is 0 Å². The van der Waals surface area contributed by atoms with Gasteiger partial charge in [0.15, 0.2) is 0 Å². The van der Waals surface area contributed by atoms with Crippen molar-refractivity contribution < 1.29 is 5.11 Å². The summed E-state index contributed by atoms with van der Waals surface area (Å²) in [5, 5.41) is 11.1. The van der Waals surface area contributed by atoms with Crippen molar-refractivity contribution in [3.8, 4) is 0 Å². The minimum atomic E-state index is -0.614. The maximum Gasteiger partial charge on any atom is 0.0989 e. The van der Waals surface area contributed by atoms with Gasteiger partial charge in [-0.05, 0) is 50.4 Å². The Morgan fingerprint density at radius 2 is 2.06 bits per heavy atom. The summed E-state index contributed by atoms with van der Waals surface area (Å²) in [6.07, 6.45) is 4.44. The van der Waals surface area contributed by atoms with Gasteiger partial charge in [0.2, 0.25) is 0 Å². The van der Waals surface area contributed by atoms with E-state index in [1.807, 2.05) is 11.8 Å². The van der Waals surface area contributed by atoms with E-state index >= 15 is 0 Å². The third-order valence-electron chi connectivity index (χ3n) is 4.86. The largest absolute Gasteiger partial charge is 0.386 e. The summed E-state index contributed by atoms with van der Waals surface area (Å²) in [5.74, 6) is 2.60. The van der Waals surface area contributed by atoms with Gasteiger partial charge in [0, 0.05) is 12.3 Å². The molecule has 0 aromatic rings. The van der Waals surface area contributed by atoms with Crippen molar-refractivity contribution in [1.29, 1.82) is 0 Å². The van der Waals surface area contributed by atoms with E-state index in [9.17, 15) is 5.11 Å². The number of nitrogens with two attached hydrogens (primary N) is 1. The highest BCUT2D eigenvalue weighted by Crippen LogP contribution is 2.45. The Bertz CT molecular complexity index is 272. The van der Waals surface area contributed by atoms with E-state index in [0.717, 1.165) is 51.1 Å². The lowest BCUT2D eigenvalue weighted by molar-refractivity contribution is -0.152. The molecule has 16 heavy (non-hydrogen) atoms. The van der Waals surface area contributed by atoms with Crippen molar-refractivity contribution in [2.45, 2.75) is 36.8 Å². The Morgan fingerprint density at radius 1 is 1.31 bits per heavy atom. The van der Waals surface area contributed by atoms with Crippen molar-refractivity contribution >= 4 is 11.8 Å². The number of nitrogens with zero attached hydrogens (tertiary/aromatic N) is 1. The molecule has 4 aliphatic rings. The lowest BCUT2D eigenvalue weighted by atomic mass is 9.64. The molecular weight excluding hydrogens is 220 g/mol. The van der Waals surface area contributed by atoms with E-state index in [-0.39, 0.29) is 5.54 Å². The SMILES string of the molecule is NC1(C2(O)CN3CCC2CC3)CCCSC1. The van der Waals surface area contributed by atoms with E-state index in [1.165, 1.54) is 5.75 Å². The van der Waals surface area contributed by atoms with Crippen LogP contribution in [0, 0.1) is 5.92 Å². The van der Waals surface area contributed by atoms with Crippen LogP contribution >= 0.6 is 11.8 Å². The molecule has 4 saturated heterocycles. The molecule has 3 nitrogen and oxygen atoms in total. The molecule has 0 radical (unpaired) electrons. The van der Waals surface area contributed by atoms with Gasteiger partial charge in [0.05, 0.1) is 11.1 Å². The predicted molar refractivity (Wildman–Crippen MR) is 67.6 cm³/mol. The highest BCUT2D eigenvalue weighted by atomic mass is 32.2. The fourth-order valence-electron chi connectivity index (χ4n) is 3.76. The summed E-state index contributed by atoms with van der Waals surface area (Å²) in [5.41, 5.74) is 5.61. The summed E-state index contributed by atoms with van der Waals surface area (Å²) < 4.78 is 0. The fourth-order valence-corrected chi connectivity index (χ4v) is 5.01. The number of thioether (sulfide) groups is 1. The van der Waals surface area contributed by atoms with Crippen LogP contribution in [0.3, 0.4) is 0 Å². The molecule has 2 unspecified atom stereocenters. The Labute approximate surface area is 102 Å². The summed E-state index contributed by atoms with van der Waals surface area (Å²) in [7, 11) is 0. The van der Waals surface area contributed by atoms with Gasteiger partial charge in [0.25, 0.3) is 0 Å². The van der Waals surface area contributed by atoms with E-state index in [2.05, 4.69) is 4.90 Å². The smallest absolute Gasteiger partial charge is 0.0989 e. The average Bonchev–Trinajstić information content (AvgIpc) is 2.31. The molecule has 0 aromatic heterocycles. The molecule has 4 rings (SSSR count). The van der Waals surface area contributed by atoms with Crippen molar-refractivity contribution in [3.63, 3.8) is 0 Å². The zero-order valence-electron chi connectivity index (χ0n) is 9.82. The van der Waals surface area contributed by atoms with Crippen LogP contribution < -0.4 is 5.73 Å². The minimum Gasteiger partial charge on any atom is -0.386 e. The van der Waals surface area contributed by atoms with Crippen LogP contribution in [0.1, 0.15) is 25.7 Å². The normalized spacial score (nSPS) is 52.9. The molecule has 0 saturated carbocycles. The van der Waals surface area contributed by atoms with Gasteiger partial charge in [-0.2, -0.15) is 11.8 Å². The van der Waals surface area contributed by atoms with Crippen LogP contribution in [-0.4, -0.2) is 52.3 Å². The molecule has 0 amide bonds. The quantitative estimate of drug-likeness (QED) is 0.709. The Balaban J connectivity index is 1.86. The van der Waals surface area contributed by atoms with Gasteiger partial charge in [-0.25, -0.2) is 0 Å². The summed E-state index contributed by atoms with van der Waals surface area (Å²) in [4.78, 5) is 2.40. The number of aliphatic hydroxyl groups is 1. The standard InChI is InChI=1S/C12H22N2OS/c13-11(4-1-7-16-9-11)12(15)8-14-5-2-10(12)3-6-14/h10,15H,1-9,13H2. The molecule has 4 heteroatoms. The van der Waals surface area contributed by atoms with Crippen LogP contribution in [0.2, 0.25) is 0 Å². The van der Waals surface area contributed by atoms with Gasteiger partial charge < -0.3 is 15.7 Å². The number of piperidine rings is 3. The fraction of sp³-hybridized carbons (Fsp3) is 1.00. The predicted octanol–water partition coefficient (Wildman–Crippen LogP) is 0.668. The summed E-state index contributed by atoms with van der Waals surface area (Å²) in [6, 6.07) is 0. The van der Waals surface area contributed by atoms with Crippen molar-refractivity contribution in [3.05, 3.63) is 0 Å². The molecule has 0 aromatic carbocycles. The lowest BCUT2D eigenvalue weighted by Gasteiger charge is -2.58. The minimum absolute atomic E-state index is 0.334. The molecule has 3 N–H and O–H groups in total. The Kier molecular flexibility index (Phi) is 2.74. The first kappa shape index (κ1) is 11.3. The van der Waals surface area contributed by atoms with Crippen molar-refractivity contribution in [2.75, 3.05) is 31.1 Å². The second kappa shape index (κ2) is 3.87. The molecule has 4 aliphatic heterocycles. The van der Waals surface area contributed by atoms with E-state index in [4.69, 9.17) is 5.73 Å². The second-order valence-electron chi connectivity index (χ2n) is 5.79. The van der Waals surface area contributed by atoms with E-state index in [1.54, 1.807) is 0 Å². The highest BCUT2D eigenvalue weighted by molar-refractivity contribution is 7.99. The summed E-state index contributed by atoms with van der Waals surface area (Å²) >= 11 is 1.92. The number of hydrogen-bond donors (Lipinski definition) is 2. The second-order valence-corrected chi connectivity index (χ2v) is 6.89. The Hall–Kier alpha value is 0.230. The first-order valence-corrected chi connectivity index (χ1v) is 7.61. The van der Waals surface area contributed by atoms with Crippen molar-refractivity contribution in [1.82, 2.24) is 4.90 Å². The summed E-state index contributed by atoms with van der Waals surface area (Å²) in [6.45, 7) is 3.14. The maximum absolute atomic E-state index is 11.1. The zero-order chi connectivity index (χ0) is 11.2. The first-order chi connectivity index (χ1) is 7.64. The first-order valence-electron chi connectivity index (χ1n) is 6.45. The maximum atomic E-state index is 11.1. The number of fused-ring (bicyclic) bond motifs is 3. The van der Waals surface area contributed by atoms with Crippen molar-refractivity contribution in [2.24, 2.45) is 11.7 Å². The van der Waals surface area contributed by atoms with E-state index in [0.29, 0.717) is 5.92 Å². The molecule has 4 heterocycles. The third kappa shape index (κ3) is 1.54. The molecule has 0 spiro atoms. The third-order valence-corrected chi connectivity index (χ3v) is 6.16. The lowest BCUT2D eigenvalue weighted by Crippen LogP contribution is -2.74. The van der Waals surface area contributed by atoms with E-state index < -0.39 is 5.60 Å². The zero-order valence-corrected chi connectivity index (χ0v) is 10.6. The molecule has 4 fully saturated rings. The van der Waals surface area contributed by atoms with Gasteiger partial charge in [-0.1, -0.05) is 0 Å². The molecular formula is C12H22N2OS. The monoisotopic (exact) mass is 242 g/mol. The van der Waals surface area contributed by atoms with Crippen LogP contribution in [0.5, 0.6) is 0 Å². The molecule has 92 valence electrons. The average molecular weight is 242 g/mol. The van der Waals surface area contributed by atoms with Gasteiger partial charge >= 0.3 is 0 Å².